The summed E-state index contributed by atoms with van der Waals surface area (Å²) in [5.41, 5.74) is 4.49. The lowest BCUT2D eigenvalue weighted by molar-refractivity contribution is -0.140. The average molecular weight is 466 g/mol. The van der Waals surface area contributed by atoms with Crippen molar-refractivity contribution in [2.45, 2.75) is 25.8 Å². The minimum Gasteiger partial charge on any atom is -0.480 e. The van der Waals surface area contributed by atoms with E-state index in [-0.39, 0.29) is 28.5 Å². The Morgan fingerprint density at radius 3 is 2.24 bits per heavy atom. The van der Waals surface area contributed by atoms with E-state index in [0.717, 1.165) is 33.6 Å². The quantitative estimate of drug-likeness (QED) is 0.478. The molecule has 3 N–H and O–H groups in total. The fourth-order valence-electron chi connectivity index (χ4n) is 3.88. The molecule has 1 aromatic heterocycles. The maximum absolute atomic E-state index is 12.4. The van der Waals surface area contributed by atoms with Gasteiger partial charge in [-0.3, -0.25) is 10.1 Å². The summed E-state index contributed by atoms with van der Waals surface area (Å²) in [6.07, 6.45) is 0.613. The Bertz CT molecular complexity index is 1160. The van der Waals surface area contributed by atoms with E-state index in [9.17, 15) is 19.5 Å². The van der Waals surface area contributed by atoms with Gasteiger partial charge in [-0.2, -0.15) is 0 Å². The van der Waals surface area contributed by atoms with Gasteiger partial charge in [-0.05, 0) is 28.2 Å². The van der Waals surface area contributed by atoms with Gasteiger partial charge in [0.05, 0.1) is 6.20 Å². The predicted octanol–water partition coefficient (Wildman–Crippen LogP) is 4.34. The number of carbonyl (C=O) groups is 3. The lowest BCUT2D eigenvalue weighted by Crippen LogP contribution is -2.44. The Balaban J connectivity index is 1.37. The molecule has 1 aliphatic rings. The number of fused-ring (bicyclic) bond motifs is 3. The molecule has 1 heterocycles. The summed E-state index contributed by atoms with van der Waals surface area (Å²) in [5.74, 6) is -2.02. The number of aromatic nitrogens is 1. The zero-order chi connectivity index (χ0) is 23.5. The summed E-state index contributed by atoms with van der Waals surface area (Å²) >= 11 is 0.942. The van der Waals surface area contributed by atoms with Crippen LogP contribution in [-0.2, 0) is 9.53 Å². The van der Waals surface area contributed by atoms with Crippen molar-refractivity contribution in [2.75, 3.05) is 11.9 Å². The summed E-state index contributed by atoms with van der Waals surface area (Å²) in [5, 5.41) is 14.4. The molecule has 2 aromatic carbocycles. The fraction of sp³-hybridized carbons (Fsp3) is 0.250. The molecule has 0 saturated carbocycles. The zero-order valence-corrected chi connectivity index (χ0v) is 18.9. The van der Waals surface area contributed by atoms with Gasteiger partial charge >= 0.3 is 12.1 Å². The number of amides is 2. The third kappa shape index (κ3) is 4.73. The first-order chi connectivity index (χ1) is 15.8. The van der Waals surface area contributed by atoms with Crippen LogP contribution in [0, 0.1) is 5.92 Å². The number of carboxylic acid groups (broad SMARTS) is 1. The molecular formula is C24H23N3O5S. The lowest BCUT2D eigenvalue weighted by atomic mass is 9.98. The molecule has 0 spiro atoms. The first kappa shape index (κ1) is 22.5. The Labute approximate surface area is 194 Å². The van der Waals surface area contributed by atoms with Gasteiger partial charge in [0, 0.05) is 5.92 Å². The molecular weight excluding hydrogens is 442 g/mol. The Hall–Kier alpha value is -3.72. The number of hydrogen-bond acceptors (Lipinski definition) is 6. The Kier molecular flexibility index (Phi) is 6.41. The second-order valence-corrected chi connectivity index (χ2v) is 9.04. The van der Waals surface area contributed by atoms with E-state index >= 15 is 0 Å². The molecule has 4 rings (SSSR count). The van der Waals surface area contributed by atoms with Gasteiger partial charge in [-0.25, -0.2) is 14.6 Å². The van der Waals surface area contributed by atoms with Crippen molar-refractivity contribution < 1.29 is 24.2 Å². The third-order valence-corrected chi connectivity index (χ3v) is 6.41. The largest absolute Gasteiger partial charge is 0.480 e. The highest BCUT2D eigenvalue weighted by Gasteiger charge is 2.29. The first-order valence-electron chi connectivity index (χ1n) is 10.5. The van der Waals surface area contributed by atoms with E-state index in [4.69, 9.17) is 4.74 Å². The maximum atomic E-state index is 12.4. The summed E-state index contributed by atoms with van der Waals surface area (Å²) in [6, 6.07) is 15.1. The van der Waals surface area contributed by atoms with Crippen LogP contribution in [0.1, 0.15) is 40.6 Å². The van der Waals surface area contributed by atoms with E-state index in [1.54, 1.807) is 13.8 Å². The van der Waals surface area contributed by atoms with Crippen molar-refractivity contribution in [3.8, 4) is 11.1 Å². The van der Waals surface area contributed by atoms with Crippen molar-refractivity contribution in [3.63, 3.8) is 0 Å². The van der Waals surface area contributed by atoms with Crippen molar-refractivity contribution >= 4 is 34.4 Å². The van der Waals surface area contributed by atoms with E-state index in [1.165, 1.54) is 6.20 Å². The molecule has 0 bridgehead atoms. The first-order valence-corrected chi connectivity index (χ1v) is 11.3. The lowest BCUT2D eigenvalue weighted by Gasteiger charge is -2.17. The van der Waals surface area contributed by atoms with Crippen molar-refractivity contribution in [1.29, 1.82) is 0 Å². The predicted molar refractivity (Wildman–Crippen MR) is 125 cm³/mol. The van der Waals surface area contributed by atoms with Gasteiger partial charge in [0.1, 0.15) is 17.5 Å². The standard InChI is InChI=1S/C24H23N3O5S/c1-13(2)20(22(29)30)26-21(28)19-11-25-23(33-19)27-24(31)32-12-18-16-9-5-3-7-14(16)15-8-4-6-10-17(15)18/h3-11,13,18,20H,12H2,1-2H3,(H,26,28)(H,29,30)(H,25,27,31)/t20-/m1/s1. The van der Waals surface area contributed by atoms with Crippen LogP contribution in [0.15, 0.2) is 54.7 Å². The molecule has 2 amide bonds. The van der Waals surface area contributed by atoms with Crippen LogP contribution in [0.25, 0.3) is 11.1 Å². The molecule has 8 nitrogen and oxygen atoms in total. The number of carboxylic acids is 1. The van der Waals surface area contributed by atoms with Crippen LogP contribution in [0.3, 0.4) is 0 Å². The topological polar surface area (TPSA) is 118 Å². The van der Waals surface area contributed by atoms with Gasteiger partial charge in [-0.1, -0.05) is 73.7 Å². The molecule has 33 heavy (non-hydrogen) atoms. The smallest absolute Gasteiger partial charge is 0.413 e. The molecule has 0 unspecified atom stereocenters. The van der Waals surface area contributed by atoms with Gasteiger partial charge in [0.15, 0.2) is 5.13 Å². The second-order valence-electron chi connectivity index (χ2n) is 8.01. The number of ether oxygens (including phenoxy) is 1. The second kappa shape index (κ2) is 9.41. The molecule has 0 aliphatic heterocycles. The van der Waals surface area contributed by atoms with E-state index in [1.807, 2.05) is 36.4 Å². The summed E-state index contributed by atoms with van der Waals surface area (Å²) < 4.78 is 5.48. The highest BCUT2D eigenvalue weighted by Crippen LogP contribution is 2.44. The fourth-order valence-corrected chi connectivity index (χ4v) is 4.59. The van der Waals surface area contributed by atoms with Crippen LogP contribution < -0.4 is 10.6 Å². The molecule has 1 atom stereocenters. The van der Waals surface area contributed by atoms with Gasteiger partial charge in [-0.15, -0.1) is 0 Å². The van der Waals surface area contributed by atoms with Crippen LogP contribution in [-0.4, -0.2) is 40.7 Å². The minimum absolute atomic E-state index is 0.0650. The number of nitrogens with one attached hydrogen (secondary N) is 2. The zero-order valence-electron chi connectivity index (χ0n) is 18.1. The SMILES string of the molecule is CC(C)[C@@H](NC(=O)c1cnc(NC(=O)OCC2c3ccccc3-c3ccccc32)s1)C(=O)O. The van der Waals surface area contributed by atoms with E-state index in [0.29, 0.717) is 0 Å². The normalized spacial score (nSPS) is 13.2. The summed E-state index contributed by atoms with van der Waals surface area (Å²) in [7, 11) is 0. The molecule has 3 aromatic rings. The number of thiazole rings is 1. The number of benzene rings is 2. The highest BCUT2D eigenvalue weighted by molar-refractivity contribution is 7.17. The van der Waals surface area contributed by atoms with Crippen LogP contribution in [0.4, 0.5) is 9.93 Å². The monoisotopic (exact) mass is 465 g/mol. The number of rotatable bonds is 7. The number of carbonyl (C=O) groups excluding carboxylic acids is 2. The van der Waals surface area contributed by atoms with E-state index < -0.39 is 24.0 Å². The maximum Gasteiger partial charge on any atom is 0.413 e. The molecule has 0 fully saturated rings. The van der Waals surface area contributed by atoms with Gasteiger partial charge in [0.25, 0.3) is 5.91 Å². The minimum atomic E-state index is -1.11. The van der Waals surface area contributed by atoms with Gasteiger partial charge < -0.3 is 15.2 Å². The van der Waals surface area contributed by atoms with Crippen molar-refractivity contribution in [3.05, 3.63) is 70.7 Å². The van der Waals surface area contributed by atoms with Crippen LogP contribution in [0.5, 0.6) is 0 Å². The number of nitrogens with zero attached hydrogens (tertiary/aromatic N) is 1. The Morgan fingerprint density at radius 1 is 1.06 bits per heavy atom. The van der Waals surface area contributed by atoms with E-state index in [2.05, 4.69) is 27.8 Å². The number of hydrogen-bond donors (Lipinski definition) is 3. The Morgan fingerprint density at radius 2 is 1.67 bits per heavy atom. The van der Waals surface area contributed by atoms with Crippen LogP contribution >= 0.6 is 11.3 Å². The van der Waals surface area contributed by atoms with Crippen LogP contribution in [0.2, 0.25) is 0 Å². The average Bonchev–Trinajstić information content (AvgIpc) is 3.38. The molecule has 0 saturated heterocycles. The molecule has 0 radical (unpaired) electrons. The molecule has 170 valence electrons. The highest BCUT2D eigenvalue weighted by atomic mass is 32.1. The molecule has 1 aliphatic carbocycles. The number of aliphatic carboxylic acids is 1. The summed E-state index contributed by atoms with van der Waals surface area (Å²) in [4.78, 5) is 40.2. The number of anilines is 1. The van der Waals surface area contributed by atoms with Crippen molar-refractivity contribution in [2.24, 2.45) is 5.92 Å². The molecule has 9 heteroatoms. The van der Waals surface area contributed by atoms with Gasteiger partial charge in [0.2, 0.25) is 0 Å². The third-order valence-electron chi connectivity index (χ3n) is 5.50. The summed E-state index contributed by atoms with van der Waals surface area (Å²) in [6.45, 7) is 3.57. The van der Waals surface area contributed by atoms with Crippen molar-refractivity contribution in [1.82, 2.24) is 10.3 Å².